The zero-order valence-electron chi connectivity index (χ0n) is 15.7. The number of hydrogen-bond acceptors (Lipinski definition) is 4. The molecule has 0 fully saturated rings. The van der Waals surface area contributed by atoms with Crippen LogP contribution in [0.5, 0.6) is 0 Å². The van der Waals surface area contributed by atoms with Crippen molar-refractivity contribution in [1.82, 2.24) is 19.8 Å². The molecule has 0 unspecified atom stereocenters. The molecule has 30 heavy (non-hydrogen) atoms. The predicted molar refractivity (Wildman–Crippen MR) is 107 cm³/mol. The lowest BCUT2D eigenvalue weighted by Gasteiger charge is -2.16. The second kappa shape index (κ2) is 7.70. The first-order chi connectivity index (χ1) is 14.5. The van der Waals surface area contributed by atoms with E-state index in [-0.39, 0.29) is 0 Å². The lowest BCUT2D eigenvalue weighted by molar-refractivity contribution is 0.245. The molecule has 1 amide bonds. The van der Waals surface area contributed by atoms with Crippen molar-refractivity contribution in [1.29, 1.82) is 0 Å². The third-order valence-corrected chi connectivity index (χ3v) is 4.56. The van der Waals surface area contributed by atoms with Crippen molar-refractivity contribution in [3.05, 3.63) is 94.9 Å². The van der Waals surface area contributed by atoms with Crippen LogP contribution < -0.4 is 10.6 Å². The van der Waals surface area contributed by atoms with Crippen LogP contribution in [0.2, 0.25) is 0 Å². The number of para-hydroxylation sites is 1. The molecule has 0 radical (unpaired) electrons. The van der Waals surface area contributed by atoms with Gasteiger partial charge in [0.2, 0.25) is 0 Å². The Hall–Kier alpha value is -4.14. The van der Waals surface area contributed by atoms with E-state index in [4.69, 9.17) is 0 Å². The van der Waals surface area contributed by atoms with Gasteiger partial charge in [-0.25, -0.2) is 18.4 Å². The molecular formula is C21H15F2N5O2. The van der Waals surface area contributed by atoms with Gasteiger partial charge in [-0.3, -0.25) is 4.90 Å². The van der Waals surface area contributed by atoms with Crippen molar-refractivity contribution in [3.63, 3.8) is 0 Å². The lowest BCUT2D eigenvalue weighted by atomic mass is 10.1. The topological polar surface area (TPSA) is 73.0 Å². The van der Waals surface area contributed by atoms with Gasteiger partial charge >= 0.3 is 11.7 Å². The number of benzene rings is 3. The Kier molecular flexibility index (Phi) is 4.93. The summed E-state index contributed by atoms with van der Waals surface area (Å²) >= 11 is 0. The van der Waals surface area contributed by atoms with E-state index < -0.39 is 29.0 Å². The summed E-state index contributed by atoms with van der Waals surface area (Å²) in [6, 6.07) is 19.1. The molecule has 0 spiro atoms. The van der Waals surface area contributed by atoms with E-state index in [0.29, 0.717) is 15.1 Å². The maximum Gasteiger partial charge on any atom is 0.377 e. The van der Waals surface area contributed by atoms with Gasteiger partial charge in [-0.1, -0.05) is 48.5 Å². The number of anilines is 1. The van der Waals surface area contributed by atoms with Gasteiger partial charge in [-0.2, -0.15) is 4.68 Å². The Morgan fingerprint density at radius 2 is 1.43 bits per heavy atom. The summed E-state index contributed by atoms with van der Waals surface area (Å²) in [5, 5.41) is 6.93. The van der Waals surface area contributed by atoms with Gasteiger partial charge in [0, 0.05) is 12.7 Å². The molecule has 7 nitrogen and oxygen atoms in total. The molecule has 0 aliphatic carbocycles. The fourth-order valence-corrected chi connectivity index (χ4v) is 2.96. The monoisotopic (exact) mass is 407 g/mol. The van der Waals surface area contributed by atoms with E-state index in [0.717, 1.165) is 29.3 Å². The minimum absolute atomic E-state index is 0.412. The SMILES string of the molecule is CN(C(=O)n1nnn(-c2c(F)cccc2F)c1=O)c1ccc(-c2ccccc2)cc1. The highest BCUT2D eigenvalue weighted by atomic mass is 19.1. The lowest BCUT2D eigenvalue weighted by Crippen LogP contribution is -2.39. The van der Waals surface area contributed by atoms with Gasteiger partial charge in [0.1, 0.15) is 5.69 Å². The quantitative estimate of drug-likeness (QED) is 0.488. The third-order valence-electron chi connectivity index (χ3n) is 4.56. The van der Waals surface area contributed by atoms with Crippen molar-refractivity contribution in [2.45, 2.75) is 0 Å². The Bertz CT molecular complexity index is 1250. The second-order valence-corrected chi connectivity index (χ2v) is 6.41. The van der Waals surface area contributed by atoms with Crippen LogP contribution in [0.15, 0.2) is 77.6 Å². The zero-order chi connectivity index (χ0) is 21.3. The Morgan fingerprint density at radius 3 is 2.07 bits per heavy atom. The summed E-state index contributed by atoms with van der Waals surface area (Å²) in [6.45, 7) is 0. The molecule has 3 aromatic carbocycles. The minimum Gasteiger partial charge on any atom is -0.295 e. The number of halogens is 2. The van der Waals surface area contributed by atoms with E-state index in [2.05, 4.69) is 10.4 Å². The average molecular weight is 407 g/mol. The summed E-state index contributed by atoms with van der Waals surface area (Å²) in [5.41, 5.74) is 0.689. The highest BCUT2D eigenvalue weighted by Crippen LogP contribution is 2.22. The molecule has 0 atom stereocenters. The average Bonchev–Trinajstić information content (AvgIpc) is 3.14. The van der Waals surface area contributed by atoms with E-state index in [1.165, 1.54) is 11.9 Å². The molecule has 0 saturated carbocycles. The molecule has 0 saturated heterocycles. The molecule has 0 aliphatic rings. The van der Waals surface area contributed by atoms with Crippen LogP contribution in [0, 0.1) is 11.6 Å². The van der Waals surface area contributed by atoms with E-state index in [9.17, 15) is 18.4 Å². The maximum absolute atomic E-state index is 14.0. The molecule has 4 rings (SSSR count). The number of carbonyl (C=O) groups excluding carboxylic acids is 1. The molecule has 1 heterocycles. The van der Waals surface area contributed by atoms with Gasteiger partial charge in [-0.15, -0.1) is 4.68 Å². The molecule has 4 aromatic rings. The Morgan fingerprint density at radius 1 is 0.833 bits per heavy atom. The fourth-order valence-electron chi connectivity index (χ4n) is 2.96. The minimum atomic E-state index is -1.09. The first-order valence-corrected chi connectivity index (χ1v) is 8.90. The largest absolute Gasteiger partial charge is 0.377 e. The van der Waals surface area contributed by atoms with Crippen LogP contribution in [0.3, 0.4) is 0 Å². The van der Waals surface area contributed by atoms with Gasteiger partial charge in [-0.05, 0) is 45.8 Å². The number of carbonyl (C=O) groups is 1. The maximum atomic E-state index is 14.0. The summed E-state index contributed by atoms with van der Waals surface area (Å²) in [7, 11) is 1.45. The van der Waals surface area contributed by atoms with Gasteiger partial charge in [0.25, 0.3) is 0 Å². The van der Waals surface area contributed by atoms with Crippen molar-refractivity contribution < 1.29 is 13.6 Å². The van der Waals surface area contributed by atoms with Crippen molar-refractivity contribution in [2.24, 2.45) is 0 Å². The fraction of sp³-hybridized carbons (Fsp3) is 0.0476. The van der Waals surface area contributed by atoms with Crippen molar-refractivity contribution >= 4 is 11.7 Å². The van der Waals surface area contributed by atoms with Gasteiger partial charge < -0.3 is 0 Å². The predicted octanol–water partition coefficient (Wildman–Crippen LogP) is 3.48. The van der Waals surface area contributed by atoms with Crippen LogP contribution >= 0.6 is 0 Å². The second-order valence-electron chi connectivity index (χ2n) is 6.41. The Balaban J connectivity index is 1.62. The van der Waals surface area contributed by atoms with Crippen molar-refractivity contribution in [3.8, 4) is 16.8 Å². The standard InChI is InChI=1S/C21H15F2N5O2/c1-26(16-12-10-15(11-13-16)14-6-3-2-4-7-14)20(29)28-21(30)27(24-25-28)19-17(22)8-5-9-18(19)23/h2-13H,1H3. The summed E-state index contributed by atoms with van der Waals surface area (Å²) < 4.78 is 28.8. The van der Waals surface area contributed by atoms with Crippen molar-refractivity contribution in [2.75, 3.05) is 11.9 Å². The molecule has 9 heteroatoms. The van der Waals surface area contributed by atoms with Gasteiger partial charge in [0.15, 0.2) is 11.6 Å². The van der Waals surface area contributed by atoms with Crippen LogP contribution in [0.4, 0.5) is 19.3 Å². The van der Waals surface area contributed by atoms with E-state index >= 15 is 0 Å². The first kappa shape index (κ1) is 19.2. The summed E-state index contributed by atoms with van der Waals surface area (Å²) in [5.74, 6) is -2.00. The van der Waals surface area contributed by atoms with E-state index in [1.807, 2.05) is 42.5 Å². The smallest absolute Gasteiger partial charge is 0.295 e. The molecule has 0 aliphatic heterocycles. The first-order valence-electron chi connectivity index (χ1n) is 8.90. The normalized spacial score (nSPS) is 10.8. The number of tetrazole rings is 1. The zero-order valence-corrected chi connectivity index (χ0v) is 15.7. The number of aromatic nitrogens is 4. The Labute approximate surface area is 169 Å². The number of nitrogens with zero attached hydrogens (tertiary/aromatic N) is 5. The number of rotatable bonds is 3. The van der Waals surface area contributed by atoms with Crippen LogP contribution in [-0.2, 0) is 0 Å². The molecule has 1 aromatic heterocycles. The highest BCUT2D eigenvalue weighted by molar-refractivity contribution is 5.92. The van der Waals surface area contributed by atoms with Crippen LogP contribution in [-0.4, -0.2) is 32.9 Å². The number of hydrogen-bond donors (Lipinski definition) is 0. The molecule has 0 bridgehead atoms. The van der Waals surface area contributed by atoms with E-state index in [1.54, 1.807) is 12.1 Å². The summed E-state index contributed by atoms with van der Waals surface area (Å²) in [6.07, 6.45) is 0. The molecule has 0 N–H and O–H groups in total. The molecular weight excluding hydrogens is 392 g/mol. The highest BCUT2D eigenvalue weighted by Gasteiger charge is 2.23. The van der Waals surface area contributed by atoms with Crippen LogP contribution in [0.1, 0.15) is 0 Å². The third kappa shape index (κ3) is 3.37. The number of amides is 1. The molecule has 150 valence electrons. The summed E-state index contributed by atoms with van der Waals surface area (Å²) in [4.78, 5) is 26.4. The van der Waals surface area contributed by atoms with Gasteiger partial charge in [0.05, 0.1) is 0 Å². The van der Waals surface area contributed by atoms with Crippen LogP contribution in [0.25, 0.3) is 16.8 Å².